The van der Waals surface area contributed by atoms with E-state index in [0.29, 0.717) is 23.4 Å². The van der Waals surface area contributed by atoms with Crippen molar-refractivity contribution in [1.82, 2.24) is 5.16 Å². The second-order valence-electron chi connectivity index (χ2n) is 3.60. The van der Waals surface area contributed by atoms with Gasteiger partial charge in [-0.1, -0.05) is 12.1 Å². The number of nitrogen functional groups attached to an aromatic ring is 1. The number of ether oxygens (including phenoxy) is 1. The van der Waals surface area contributed by atoms with Gasteiger partial charge in [0, 0.05) is 23.3 Å². The molecule has 0 aliphatic carbocycles. The van der Waals surface area contributed by atoms with Crippen molar-refractivity contribution in [1.29, 1.82) is 0 Å². The summed E-state index contributed by atoms with van der Waals surface area (Å²) in [6.45, 7) is 1.96. The smallest absolute Gasteiger partial charge is 0.222 e. The Kier molecular flexibility index (Phi) is 2.99. The highest BCUT2D eigenvalue weighted by atomic mass is 19.1. The average molecular weight is 236 g/mol. The summed E-state index contributed by atoms with van der Waals surface area (Å²) in [6.07, 6.45) is 0.700. The Morgan fingerprint density at radius 1 is 1.41 bits per heavy atom. The van der Waals surface area contributed by atoms with E-state index in [1.165, 1.54) is 19.2 Å². The molecule has 90 valence electrons. The van der Waals surface area contributed by atoms with Gasteiger partial charge in [-0.15, -0.1) is 0 Å². The standard InChI is InChI=1S/C12H13FN2O2/c1-3-8-9(10-6-12(14)17-15-10)4-7(13)5-11(8)16-2/h4-6H,3,14H2,1-2H3. The van der Waals surface area contributed by atoms with E-state index in [9.17, 15) is 4.39 Å². The number of methoxy groups -OCH3 is 1. The van der Waals surface area contributed by atoms with Gasteiger partial charge in [0.25, 0.3) is 0 Å². The summed E-state index contributed by atoms with van der Waals surface area (Å²) in [6, 6.07) is 4.32. The monoisotopic (exact) mass is 236 g/mol. The second kappa shape index (κ2) is 4.45. The molecule has 2 N–H and O–H groups in total. The summed E-state index contributed by atoms with van der Waals surface area (Å²) >= 11 is 0. The second-order valence-corrected chi connectivity index (χ2v) is 3.60. The van der Waals surface area contributed by atoms with Crippen LogP contribution in [-0.4, -0.2) is 12.3 Å². The van der Waals surface area contributed by atoms with E-state index in [2.05, 4.69) is 5.16 Å². The summed E-state index contributed by atoms with van der Waals surface area (Å²) < 4.78 is 23.4. The maximum absolute atomic E-state index is 13.5. The quantitative estimate of drug-likeness (QED) is 0.889. The molecule has 2 rings (SSSR count). The van der Waals surface area contributed by atoms with Gasteiger partial charge in [0.1, 0.15) is 17.3 Å². The van der Waals surface area contributed by atoms with Crippen LogP contribution in [0.25, 0.3) is 11.3 Å². The largest absolute Gasteiger partial charge is 0.496 e. The molecule has 17 heavy (non-hydrogen) atoms. The number of nitrogens with zero attached hydrogens (tertiary/aromatic N) is 1. The molecule has 4 nitrogen and oxygen atoms in total. The van der Waals surface area contributed by atoms with Gasteiger partial charge in [0.2, 0.25) is 5.88 Å². The molecule has 2 aromatic rings. The van der Waals surface area contributed by atoms with E-state index < -0.39 is 0 Å². The predicted molar refractivity (Wildman–Crippen MR) is 62.2 cm³/mol. The number of halogens is 1. The Morgan fingerprint density at radius 3 is 2.71 bits per heavy atom. The number of benzene rings is 1. The van der Waals surface area contributed by atoms with Crippen LogP contribution in [0.5, 0.6) is 5.75 Å². The van der Waals surface area contributed by atoms with Crippen LogP contribution in [0.1, 0.15) is 12.5 Å². The molecule has 1 heterocycles. The number of nitrogens with two attached hydrogens (primary N) is 1. The zero-order valence-electron chi connectivity index (χ0n) is 9.66. The minimum absolute atomic E-state index is 0.199. The lowest BCUT2D eigenvalue weighted by molar-refractivity contribution is 0.406. The van der Waals surface area contributed by atoms with E-state index in [-0.39, 0.29) is 11.7 Å². The molecule has 0 spiro atoms. The molecule has 0 saturated heterocycles. The molecule has 1 aromatic carbocycles. The molecule has 0 atom stereocenters. The van der Waals surface area contributed by atoms with E-state index in [4.69, 9.17) is 15.0 Å². The molecule has 5 heteroatoms. The Hall–Kier alpha value is -2.04. The fraction of sp³-hybridized carbons (Fsp3) is 0.250. The SMILES string of the molecule is CCc1c(OC)cc(F)cc1-c1cc(N)on1. The van der Waals surface area contributed by atoms with Crippen LogP contribution in [0.4, 0.5) is 10.3 Å². The molecule has 0 unspecified atom stereocenters. The van der Waals surface area contributed by atoms with E-state index in [0.717, 1.165) is 5.56 Å². The average Bonchev–Trinajstić information content (AvgIpc) is 2.74. The highest BCUT2D eigenvalue weighted by molar-refractivity contribution is 5.68. The van der Waals surface area contributed by atoms with Gasteiger partial charge < -0.3 is 15.0 Å². The van der Waals surface area contributed by atoms with E-state index in [1.54, 1.807) is 6.07 Å². The lowest BCUT2D eigenvalue weighted by Crippen LogP contribution is -1.96. The van der Waals surface area contributed by atoms with Crippen LogP contribution < -0.4 is 10.5 Å². The lowest BCUT2D eigenvalue weighted by Gasteiger charge is -2.10. The predicted octanol–water partition coefficient (Wildman–Crippen LogP) is 2.63. The van der Waals surface area contributed by atoms with E-state index in [1.807, 2.05) is 6.92 Å². The molecule has 0 saturated carbocycles. The normalized spacial score (nSPS) is 10.5. The molecular formula is C12H13FN2O2. The maximum atomic E-state index is 13.5. The molecule has 0 fully saturated rings. The van der Waals surface area contributed by atoms with Crippen molar-refractivity contribution in [3.8, 4) is 17.0 Å². The number of anilines is 1. The van der Waals surface area contributed by atoms with Crippen LogP contribution in [0.2, 0.25) is 0 Å². The van der Waals surface area contributed by atoms with Crippen molar-refractivity contribution >= 4 is 5.88 Å². The van der Waals surface area contributed by atoms with Crippen LogP contribution in [-0.2, 0) is 6.42 Å². The van der Waals surface area contributed by atoms with Crippen molar-refractivity contribution in [2.75, 3.05) is 12.8 Å². The third kappa shape index (κ3) is 2.08. The highest BCUT2D eigenvalue weighted by Gasteiger charge is 2.15. The van der Waals surface area contributed by atoms with Gasteiger partial charge in [-0.3, -0.25) is 0 Å². The van der Waals surface area contributed by atoms with Gasteiger partial charge in [0.15, 0.2) is 0 Å². The van der Waals surface area contributed by atoms with Gasteiger partial charge >= 0.3 is 0 Å². The first kappa shape index (κ1) is 11.4. The summed E-state index contributed by atoms with van der Waals surface area (Å²) in [4.78, 5) is 0. The molecule has 0 radical (unpaired) electrons. The first-order valence-corrected chi connectivity index (χ1v) is 5.24. The zero-order valence-corrected chi connectivity index (χ0v) is 9.66. The van der Waals surface area contributed by atoms with Crippen molar-refractivity contribution in [2.45, 2.75) is 13.3 Å². The summed E-state index contributed by atoms with van der Waals surface area (Å²) in [5, 5.41) is 3.79. The fourth-order valence-electron chi connectivity index (χ4n) is 1.80. The van der Waals surface area contributed by atoms with Gasteiger partial charge in [-0.05, 0) is 12.5 Å². The molecular weight excluding hydrogens is 223 g/mol. The molecule has 1 aromatic heterocycles. The first-order chi connectivity index (χ1) is 8.15. The molecule has 0 aliphatic rings. The topological polar surface area (TPSA) is 61.3 Å². The van der Waals surface area contributed by atoms with Crippen LogP contribution >= 0.6 is 0 Å². The highest BCUT2D eigenvalue weighted by Crippen LogP contribution is 2.32. The molecule has 0 amide bonds. The van der Waals surface area contributed by atoms with Crippen LogP contribution in [0.15, 0.2) is 22.7 Å². The van der Waals surface area contributed by atoms with E-state index >= 15 is 0 Å². The summed E-state index contributed by atoms with van der Waals surface area (Å²) in [7, 11) is 1.51. The Morgan fingerprint density at radius 2 is 2.18 bits per heavy atom. The van der Waals surface area contributed by atoms with Crippen LogP contribution in [0.3, 0.4) is 0 Å². The number of aromatic nitrogens is 1. The number of hydrogen-bond acceptors (Lipinski definition) is 4. The van der Waals surface area contributed by atoms with Gasteiger partial charge in [-0.2, -0.15) is 0 Å². The van der Waals surface area contributed by atoms with Crippen molar-refractivity contribution in [3.63, 3.8) is 0 Å². The summed E-state index contributed by atoms with van der Waals surface area (Å²) in [5.41, 5.74) is 7.49. The minimum atomic E-state index is -0.379. The summed E-state index contributed by atoms with van der Waals surface area (Å²) in [5.74, 6) is 0.324. The Balaban J connectivity index is 2.63. The van der Waals surface area contributed by atoms with Crippen LogP contribution in [0, 0.1) is 5.82 Å². The minimum Gasteiger partial charge on any atom is -0.496 e. The van der Waals surface area contributed by atoms with Gasteiger partial charge in [-0.25, -0.2) is 4.39 Å². The Labute approximate surface area is 98.2 Å². The van der Waals surface area contributed by atoms with Crippen molar-refractivity contribution < 1.29 is 13.7 Å². The number of hydrogen-bond donors (Lipinski definition) is 1. The molecule has 0 bridgehead atoms. The Bertz CT molecular complexity index is 537. The van der Waals surface area contributed by atoms with Crippen molar-refractivity contribution in [3.05, 3.63) is 29.6 Å². The van der Waals surface area contributed by atoms with Gasteiger partial charge in [0.05, 0.1) is 7.11 Å². The third-order valence-electron chi connectivity index (χ3n) is 2.55. The zero-order chi connectivity index (χ0) is 12.4. The third-order valence-corrected chi connectivity index (χ3v) is 2.55. The molecule has 0 aliphatic heterocycles. The van der Waals surface area contributed by atoms with Crippen molar-refractivity contribution in [2.24, 2.45) is 0 Å². The fourth-order valence-corrected chi connectivity index (χ4v) is 1.80. The maximum Gasteiger partial charge on any atom is 0.222 e. The first-order valence-electron chi connectivity index (χ1n) is 5.24. The number of rotatable bonds is 3. The lowest BCUT2D eigenvalue weighted by atomic mass is 10.0.